The van der Waals surface area contributed by atoms with Gasteiger partial charge in [0.15, 0.2) is 0 Å². The molecule has 1 aliphatic rings. The number of carbonyl (C=O) groups is 1. The molecule has 2 heterocycles. The number of thiophene rings is 1. The second-order valence-corrected chi connectivity index (χ2v) is 8.60. The van der Waals surface area contributed by atoms with E-state index in [0.717, 1.165) is 24.2 Å². The lowest BCUT2D eigenvalue weighted by Crippen LogP contribution is -2.44. The van der Waals surface area contributed by atoms with Crippen LogP contribution in [0.25, 0.3) is 0 Å². The van der Waals surface area contributed by atoms with E-state index in [0.29, 0.717) is 24.0 Å². The maximum Gasteiger partial charge on any atom is 0.345 e. The van der Waals surface area contributed by atoms with E-state index in [4.69, 9.17) is 5.11 Å². The Morgan fingerprint density at radius 1 is 1.38 bits per heavy atom. The number of hydrogen-bond donors (Lipinski definition) is 1. The number of aromatic carboxylic acids is 1. The molecule has 0 spiro atoms. The minimum atomic E-state index is -3.59. The predicted molar refractivity (Wildman–Crippen MR) is 81.5 cm³/mol. The van der Waals surface area contributed by atoms with Crippen LogP contribution < -0.4 is 0 Å². The lowest BCUT2D eigenvalue weighted by atomic mass is 10.1. The summed E-state index contributed by atoms with van der Waals surface area (Å²) in [4.78, 5) is 13.8. The van der Waals surface area contributed by atoms with Gasteiger partial charge in [-0.05, 0) is 39.9 Å². The highest BCUT2D eigenvalue weighted by Gasteiger charge is 2.32. The summed E-state index contributed by atoms with van der Waals surface area (Å²) in [7, 11) is 0.401. The molecule has 0 unspecified atom stereocenters. The van der Waals surface area contributed by atoms with Gasteiger partial charge in [-0.15, -0.1) is 11.3 Å². The van der Waals surface area contributed by atoms with Gasteiger partial charge in [0.1, 0.15) is 4.88 Å². The molecule has 1 fully saturated rings. The van der Waals surface area contributed by atoms with Crippen molar-refractivity contribution < 1.29 is 18.3 Å². The molecule has 1 aromatic rings. The SMILES string of the molecule is Cc1sc(C(=O)O)cc1S(=O)(=O)N1CCC(N(C)C)CC1. The standard InChI is InChI=1S/C13H20N2O4S2/c1-9-12(8-11(20-9)13(16)17)21(18,19)15-6-4-10(5-7-15)14(2)3/h8,10H,4-7H2,1-3H3,(H,16,17). The normalized spacial score (nSPS) is 18.3. The van der Waals surface area contributed by atoms with Gasteiger partial charge in [-0.3, -0.25) is 0 Å². The van der Waals surface area contributed by atoms with Crippen molar-refractivity contribution in [1.82, 2.24) is 9.21 Å². The van der Waals surface area contributed by atoms with Gasteiger partial charge in [0.2, 0.25) is 10.0 Å². The average Bonchev–Trinajstić information content (AvgIpc) is 2.82. The third-order valence-corrected chi connectivity index (χ3v) is 7.05. The summed E-state index contributed by atoms with van der Waals surface area (Å²) < 4.78 is 26.8. The largest absolute Gasteiger partial charge is 0.477 e. The van der Waals surface area contributed by atoms with Crippen LogP contribution in [0, 0.1) is 6.92 Å². The second kappa shape index (κ2) is 6.04. The van der Waals surface area contributed by atoms with E-state index in [1.165, 1.54) is 10.4 Å². The number of aryl methyl sites for hydroxylation is 1. The lowest BCUT2D eigenvalue weighted by molar-refractivity contribution is 0.0702. The average molecular weight is 332 g/mol. The van der Waals surface area contributed by atoms with Crippen molar-refractivity contribution in [2.75, 3.05) is 27.2 Å². The van der Waals surface area contributed by atoms with E-state index in [9.17, 15) is 13.2 Å². The van der Waals surface area contributed by atoms with Crippen molar-refractivity contribution in [3.05, 3.63) is 15.8 Å². The third-order valence-electron chi connectivity index (χ3n) is 3.85. The molecule has 8 heteroatoms. The van der Waals surface area contributed by atoms with Gasteiger partial charge in [0.05, 0.1) is 4.90 Å². The van der Waals surface area contributed by atoms with Gasteiger partial charge in [-0.2, -0.15) is 4.31 Å². The Balaban J connectivity index is 2.21. The van der Waals surface area contributed by atoms with Crippen molar-refractivity contribution in [3.8, 4) is 0 Å². The molecule has 1 aliphatic heterocycles. The molecule has 1 saturated heterocycles. The number of rotatable bonds is 4. The molecule has 1 N–H and O–H groups in total. The van der Waals surface area contributed by atoms with E-state index in [1.54, 1.807) is 6.92 Å². The Kier molecular flexibility index (Phi) is 4.72. The fourth-order valence-electron chi connectivity index (χ4n) is 2.56. The second-order valence-electron chi connectivity index (χ2n) is 5.44. The van der Waals surface area contributed by atoms with Gasteiger partial charge in [-0.25, -0.2) is 13.2 Å². The lowest BCUT2D eigenvalue weighted by Gasteiger charge is -2.34. The molecular formula is C13H20N2O4S2. The first-order valence-electron chi connectivity index (χ1n) is 6.73. The minimum absolute atomic E-state index is 0.0641. The van der Waals surface area contributed by atoms with Crippen LogP contribution in [-0.2, 0) is 10.0 Å². The molecule has 0 bridgehead atoms. The maximum atomic E-state index is 12.6. The number of sulfonamides is 1. The first-order chi connectivity index (χ1) is 9.73. The highest BCUT2D eigenvalue weighted by Crippen LogP contribution is 2.30. The smallest absolute Gasteiger partial charge is 0.345 e. The number of carboxylic acid groups (broad SMARTS) is 1. The van der Waals surface area contributed by atoms with Crippen LogP contribution >= 0.6 is 11.3 Å². The van der Waals surface area contributed by atoms with Crippen LogP contribution in [0.1, 0.15) is 27.4 Å². The van der Waals surface area contributed by atoms with E-state index in [-0.39, 0.29) is 9.77 Å². The maximum absolute atomic E-state index is 12.6. The highest BCUT2D eigenvalue weighted by molar-refractivity contribution is 7.89. The predicted octanol–water partition coefficient (Wildman–Crippen LogP) is 1.47. The topological polar surface area (TPSA) is 77.9 Å². The zero-order chi connectivity index (χ0) is 15.8. The Morgan fingerprint density at radius 3 is 2.38 bits per heavy atom. The van der Waals surface area contributed by atoms with Gasteiger partial charge in [0, 0.05) is 24.0 Å². The van der Waals surface area contributed by atoms with Gasteiger partial charge in [-0.1, -0.05) is 0 Å². The number of piperidine rings is 1. The zero-order valence-electron chi connectivity index (χ0n) is 12.4. The van der Waals surface area contributed by atoms with E-state index < -0.39 is 16.0 Å². The van der Waals surface area contributed by atoms with E-state index in [2.05, 4.69) is 4.90 Å². The molecule has 0 saturated carbocycles. The fourth-order valence-corrected chi connectivity index (χ4v) is 5.43. The summed E-state index contributed by atoms with van der Waals surface area (Å²) >= 11 is 1.01. The van der Waals surface area contributed by atoms with Crippen molar-refractivity contribution in [3.63, 3.8) is 0 Å². The first kappa shape index (κ1) is 16.4. The number of nitrogens with zero attached hydrogens (tertiary/aromatic N) is 2. The summed E-state index contributed by atoms with van der Waals surface area (Å²) in [5.74, 6) is -1.09. The first-order valence-corrected chi connectivity index (χ1v) is 8.99. The molecule has 118 valence electrons. The fraction of sp³-hybridized carbons (Fsp3) is 0.615. The molecule has 0 aliphatic carbocycles. The molecular weight excluding hydrogens is 312 g/mol. The van der Waals surface area contributed by atoms with Crippen LogP contribution in [0.15, 0.2) is 11.0 Å². The quantitative estimate of drug-likeness (QED) is 0.903. The molecule has 0 radical (unpaired) electrons. The van der Waals surface area contributed by atoms with Crippen molar-refractivity contribution in [1.29, 1.82) is 0 Å². The molecule has 0 atom stereocenters. The zero-order valence-corrected chi connectivity index (χ0v) is 14.0. The number of hydrogen-bond acceptors (Lipinski definition) is 5. The summed E-state index contributed by atoms with van der Waals surface area (Å²) in [5.41, 5.74) is 0. The minimum Gasteiger partial charge on any atom is -0.477 e. The molecule has 1 aromatic heterocycles. The van der Waals surface area contributed by atoms with Crippen molar-refractivity contribution in [2.45, 2.75) is 30.7 Å². The monoisotopic (exact) mass is 332 g/mol. The summed E-state index contributed by atoms with van der Waals surface area (Å²) in [5, 5.41) is 8.99. The summed E-state index contributed by atoms with van der Waals surface area (Å²) in [6.45, 7) is 2.60. The van der Waals surface area contributed by atoms with Crippen molar-refractivity contribution in [2.24, 2.45) is 0 Å². The third kappa shape index (κ3) is 3.28. The summed E-state index contributed by atoms with van der Waals surface area (Å²) in [6, 6.07) is 1.67. The summed E-state index contributed by atoms with van der Waals surface area (Å²) in [6.07, 6.45) is 1.59. The molecule has 0 aromatic carbocycles. The van der Waals surface area contributed by atoms with Crippen LogP contribution in [0.3, 0.4) is 0 Å². The molecule has 6 nitrogen and oxygen atoms in total. The van der Waals surface area contributed by atoms with E-state index >= 15 is 0 Å². The van der Waals surface area contributed by atoms with Crippen molar-refractivity contribution >= 4 is 27.3 Å². The van der Waals surface area contributed by atoms with Gasteiger partial charge < -0.3 is 10.0 Å². The Morgan fingerprint density at radius 2 is 1.95 bits per heavy atom. The Bertz CT molecular complexity index is 629. The Hall–Kier alpha value is -0.960. The van der Waals surface area contributed by atoms with Gasteiger partial charge >= 0.3 is 5.97 Å². The molecule has 21 heavy (non-hydrogen) atoms. The Labute approximate surface area is 129 Å². The molecule has 0 amide bonds. The number of carboxylic acids is 1. The molecule has 2 rings (SSSR count). The van der Waals surface area contributed by atoms with Gasteiger partial charge in [0.25, 0.3) is 0 Å². The van der Waals surface area contributed by atoms with Crippen LogP contribution in [0.4, 0.5) is 0 Å². The van der Waals surface area contributed by atoms with E-state index in [1.807, 2.05) is 14.1 Å². The van der Waals surface area contributed by atoms with Crippen LogP contribution in [0.2, 0.25) is 0 Å². The highest BCUT2D eigenvalue weighted by atomic mass is 32.2. The van der Waals surface area contributed by atoms with Crippen LogP contribution in [0.5, 0.6) is 0 Å². The van der Waals surface area contributed by atoms with Crippen LogP contribution in [-0.4, -0.2) is 61.9 Å².